The van der Waals surface area contributed by atoms with Crippen molar-refractivity contribution in [2.45, 2.75) is 46.1 Å². The number of para-hydroxylation sites is 1. The lowest BCUT2D eigenvalue weighted by molar-refractivity contribution is 0.231. The van der Waals surface area contributed by atoms with Gasteiger partial charge in [0.2, 0.25) is 0 Å². The van der Waals surface area contributed by atoms with E-state index in [0.717, 1.165) is 30.2 Å². The monoisotopic (exact) mass is 327 g/mol. The molecule has 1 N–H and O–H groups in total. The third kappa shape index (κ3) is 5.19. The van der Waals surface area contributed by atoms with Gasteiger partial charge in [-0.3, -0.25) is 0 Å². The first-order valence-corrected chi connectivity index (χ1v) is 8.86. The highest BCUT2D eigenvalue weighted by atomic mass is 16.5. The van der Waals surface area contributed by atoms with Crippen molar-refractivity contribution in [2.24, 2.45) is 0 Å². The second-order valence-electron chi connectivity index (χ2n) is 6.11. The molecule has 0 aliphatic heterocycles. The molecule has 24 heavy (non-hydrogen) atoms. The minimum atomic E-state index is 0.0850. The zero-order chi connectivity index (χ0) is 17.4. The smallest absolute Gasteiger partial charge is 0.123 e. The molecule has 2 rings (SSSR count). The van der Waals surface area contributed by atoms with Crippen molar-refractivity contribution in [3.8, 4) is 11.5 Å². The van der Waals surface area contributed by atoms with E-state index in [0.29, 0.717) is 12.5 Å². The van der Waals surface area contributed by atoms with Gasteiger partial charge in [-0.15, -0.1) is 0 Å². The summed E-state index contributed by atoms with van der Waals surface area (Å²) >= 11 is 0. The van der Waals surface area contributed by atoms with Gasteiger partial charge in [-0.1, -0.05) is 32.0 Å². The van der Waals surface area contributed by atoms with Crippen LogP contribution in [0.4, 0.5) is 5.69 Å². The lowest BCUT2D eigenvalue weighted by Gasteiger charge is -2.20. The van der Waals surface area contributed by atoms with E-state index >= 15 is 0 Å². The summed E-state index contributed by atoms with van der Waals surface area (Å²) < 4.78 is 11.6. The SMILES string of the molecule is CCOc1ccc(NCC(C)Oc2ccccc2C(C)CC)cc1. The zero-order valence-corrected chi connectivity index (χ0v) is 15.2. The number of rotatable bonds is 9. The molecule has 0 spiro atoms. The van der Waals surface area contributed by atoms with E-state index in [2.05, 4.69) is 44.3 Å². The Hall–Kier alpha value is -2.16. The Morgan fingerprint density at radius 1 is 0.958 bits per heavy atom. The number of ether oxygens (including phenoxy) is 2. The van der Waals surface area contributed by atoms with Crippen molar-refractivity contribution in [2.75, 3.05) is 18.5 Å². The largest absolute Gasteiger partial charge is 0.494 e. The highest BCUT2D eigenvalue weighted by molar-refractivity contribution is 5.46. The lowest BCUT2D eigenvalue weighted by Crippen LogP contribution is -2.23. The summed E-state index contributed by atoms with van der Waals surface area (Å²) in [5.74, 6) is 2.40. The van der Waals surface area contributed by atoms with Gasteiger partial charge in [-0.05, 0) is 62.1 Å². The van der Waals surface area contributed by atoms with Crippen molar-refractivity contribution >= 4 is 5.69 Å². The third-order valence-electron chi connectivity index (χ3n) is 4.15. The average Bonchev–Trinajstić information content (AvgIpc) is 2.61. The van der Waals surface area contributed by atoms with Gasteiger partial charge in [0, 0.05) is 5.69 Å². The molecule has 0 saturated carbocycles. The van der Waals surface area contributed by atoms with Crippen molar-refractivity contribution in [3.63, 3.8) is 0 Å². The van der Waals surface area contributed by atoms with Gasteiger partial charge < -0.3 is 14.8 Å². The van der Waals surface area contributed by atoms with E-state index in [4.69, 9.17) is 9.47 Å². The Morgan fingerprint density at radius 2 is 1.67 bits per heavy atom. The van der Waals surface area contributed by atoms with Gasteiger partial charge in [-0.25, -0.2) is 0 Å². The third-order valence-corrected chi connectivity index (χ3v) is 4.15. The van der Waals surface area contributed by atoms with Crippen LogP contribution in [0.15, 0.2) is 48.5 Å². The molecule has 0 radical (unpaired) electrons. The standard InChI is InChI=1S/C21H29NO2/c1-5-16(3)20-9-7-8-10-21(20)24-17(4)15-22-18-11-13-19(14-12-18)23-6-2/h7-14,16-17,22H,5-6,15H2,1-4H3. The summed E-state index contributed by atoms with van der Waals surface area (Å²) in [5.41, 5.74) is 2.36. The van der Waals surface area contributed by atoms with Crippen LogP contribution in [0.5, 0.6) is 11.5 Å². The van der Waals surface area contributed by atoms with Gasteiger partial charge in [-0.2, -0.15) is 0 Å². The molecule has 2 atom stereocenters. The summed E-state index contributed by atoms with van der Waals surface area (Å²) in [7, 11) is 0. The zero-order valence-electron chi connectivity index (χ0n) is 15.2. The number of nitrogens with one attached hydrogen (secondary N) is 1. The van der Waals surface area contributed by atoms with E-state index < -0.39 is 0 Å². The highest BCUT2D eigenvalue weighted by Crippen LogP contribution is 2.29. The molecular weight excluding hydrogens is 298 g/mol. The minimum Gasteiger partial charge on any atom is -0.494 e. The fourth-order valence-electron chi connectivity index (χ4n) is 2.57. The van der Waals surface area contributed by atoms with Gasteiger partial charge in [0.25, 0.3) is 0 Å². The summed E-state index contributed by atoms with van der Waals surface area (Å²) in [4.78, 5) is 0. The molecule has 0 aliphatic rings. The first kappa shape index (κ1) is 18.2. The summed E-state index contributed by atoms with van der Waals surface area (Å²) in [5, 5.41) is 3.42. The second-order valence-corrected chi connectivity index (χ2v) is 6.11. The maximum absolute atomic E-state index is 6.17. The summed E-state index contributed by atoms with van der Waals surface area (Å²) in [6.07, 6.45) is 1.20. The number of anilines is 1. The van der Waals surface area contributed by atoms with Crippen LogP contribution in [-0.4, -0.2) is 19.3 Å². The molecule has 2 aromatic carbocycles. The molecule has 3 nitrogen and oxygen atoms in total. The predicted molar refractivity (Wildman–Crippen MR) is 101 cm³/mol. The molecule has 0 amide bonds. The summed E-state index contributed by atoms with van der Waals surface area (Å²) in [6, 6.07) is 16.4. The Bertz CT molecular complexity index is 609. The molecule has 3 heteroatoms. The maximum atomic E-state index is 6.17. The molecule has 2 unspecified atom stereocenters. The molecule has 0 fully saturated rings. The maximum Gasteiger partial charge on any atom is 0.123 e. The van der Waals surface area contributed by atoms with Gasteiger partial charge in [0.05, 0.1) is 13.2 Å². The average molecular weight is 327 g/mol. The normalized spacial score (nSPS) is 13.2. The first-order valence-electron chi connectivity index (χ1n) is 8.86. The Morgan fingerprint density at radius 3 is 2.33 bits per heavy atom. The molecule has 130 valence electrons. The van der Waals surface area contributed by atoms with Crippen LogP contribution in [0.25, 0.3) is 0 Å². The van der Waals surface area contributed by atoms with Crippen LogP contribution in [0.3, 0.4) is 0 Å². The van der Waals surface area contributed by atoms with Gasteiger partial charge >= 0.3 is 0 Å². The molecular formula is C21H29NO2. The van der Waals surface area contributed by atoms with Crippen molar-refractivity contribution in [1.82, 2.24) is 0 Å². The second kappa shape index (κ2) is 9.21. The van der Waals surface area contributed by atoms with Crippen LogP contribution in [-0.2, 0) is 0 Å². The van der Waals surface area contributed by atoms with Crippen molar-refractivity contribution in [3.05, 3.63) is 54.1 Å². The minimum absolute atomic E-state index is 0.0850. The molecule has 0 heterocycles. The Kier molecular flexibility index (Phi) is 6.98. The molecule has 0 aliphatic carbocycles. The lowest BCUT2D eigenvalue weighted by atomic mass is 9.98. The van der Waals surface area contributed by atoms with E-state index in [1.807, 2.05) is 37.3 Å². The summed E-state index contributed by atoms with van der Waals surface area (Å²) in [6.45, 7) is 9.97. The fourth-order valence-corrected chi connectivity index (χ4v) is 2.57. The number of benzene rings is 2. The number of hydrogen-bond donors (Lipinski definition) is 1. The molecule has 0 aromatic heterocycles. The predicted octanol–water partition coefficient (Wildman–Crippen LogP) is 5.48. The quantitative estimate of drug-likeness (QED) is 0.661. The fraction of sp³-hybridized carbons (Fsp3) is 0.429. The van der Waals surface area contributed by atoms with E-state index in [-0.39, 0.29) is 6.10 Å². The van der Waals surface area contributed by atoms with Crippen molar-refractivity contribution < 1.29 is 9.47 Å². The highest BCUT2D eigenvalue weighted by Gasteiger charge is 2.12. The topological polar surface area (TPSA) is 30.5 Å². The first-order chi connectivity index (χ1) is 11.6. The van der Waals surface area contributed by atoms with E-state index in [1.54, 1.807) is 0 Å². The van der Waals surface area contributed by atoms with E-state index in [9.17, 15) is 0 Å². The van der Waals surface area contributed by atoms with Crippen LogP contribution in [0, 0.1) is 0 Å². The Labute approximate surface area is 146 Å². The Balaban J connectivity index is 1.90. The number of hydrogen-bond acceptors (Lipinski definition) is 3. The van der Waals surface area contributed by atoms with Crippen LogP contribution < -0.4 is 14.8 Å². The molecule has 0 bridgehead atoms. The molecule has 2 aromatic rings. The van der Waals surface area contributed by atoms with Crippen LogP contribution in [0.1, 0.15) is 45.6 Å². The van der Waals surface area contributed by atoms with E-state index in [1.165, 1.54) is 5.56 Å². The van der Waals surface area contributed by atoms with Gasteiger partial charge in [0.15, 0.2) is 0 Å². The van der Waals surface area contributed by atoms with Gasteiger partial charge in [0.1, 0.15) is 17.6 Å². The molecule has 0 saturated heterocycles. The van der Waals surface area contributed by atoms with Crippen molar-refractivity contribution in [1.29, 1.82) is 0 Å². The van der Waals surface area contributed by atoms with Crippen LogP contribution in [0.2, 0.25) is 0 Å². The van der Waals surface area contributed by atoms with Crippen LogP contribution >= 0.6 is 0 Å².